The number of nitrogens with one attached hydrogen (secondary N) is 3. The number of benzene rings is 2. The number of aryl methyl sites for hydroxylation is 1. The molecule has 10 heteroatoms. The fourth-order valence-corrected chi connectivity index (χ4v) is 3.81. The van der Waals surface area contributed by atoms with E-state index in [-0.39, 0.29) is 16.8 Å². The van der Waals surface area contributed by atoms with E-state index in [1.165, 1.54) is 16.7 Å². The van der Waals surface area contributed by atoms with Gasteiger partial charge in [0, 0.05) is 53.6 Å². The molecule has 2 amide bonds. The third-order valence-electron chi connectivity index (χ3n) is 5.23. The Balaban J connectivity index is 1.75. The predicted molar refractivity (Wildman–Crippen MR) is 131 cm³/mol. The lowest BCUT2D eigenvalue weighted by molar-refractivity contribution is 0.262. The highest BCUT2D eigenvalue weighted by Crippen LogP contribution is 2.29. The number of hydrogen-bond donors (Lipinski definition) is 3. The highest BCUT2D eigenvalue weighted by Gasteiger charge is 2.18. The molecule has 3 N–H and O–H groups in total. The number of carbonyl (C=O) groups excluding carboxylic acids is 1. The van der Waals surface area contributed by atoms with Crippen LogP contribution in [0.15, 0.2) is 59.5 Å². The van der Waals surface area contributed by atoms with Gasteiger partial charge in [0.05, 0.1) is 16.8 Å². The van der Waals surface area contributed by atoms with Gasteiger partial charge in [-0.05, 0) is 37.3 Å². The summed E-state index contributed by atoms with van der Waals surface area (Å²) in [6, 6.07) is 10.6. The Morgan fingerprint density at radius 3 is 2.56 bits per heavy atom. The molecule has 0 radical (unpaired) electrons. The van der Waals surface area contributed by atoms with Crippen molar-refractivity contribution in [1.29, 1.82) is 0 Å². The lowest BCUT2D eigenvalue weighted by Gasteiger charge is -2.14. The first kappa shape index (κ1) is 23.2. The Morgan fingerprint density at radius 2 is 1.85 bits per heavy atom. The number of carbonyl (C=O) groups is 1. The van der Waals surface area contributed by atoms with E-state index in [0.29, 0.717) is 40.0 Å². The second kappa shape index (κ2) is 9.48. The minimum atomic E-state index is -0.987. The van der Waals surface area contributed by atoms with Crippen molar-refractivity contribution in [1.82, 2.24) is 9.55 Å². The first-order valence-electron chi connectivity index (χ1n) is 10.3. The van der Waals surface area contributed by atoms with Crippen molar-refractivity contribution in [3.63, 3.8) is 0 Å². The van der Waals surface area contributed by atoms with Crippen molar-refractivity contribution in [2.75, 3.05) is 23.0 Å². The molecule has 7 nitrogen and oxygen atoms in total. The number of hydrogen-bond acceptors (Lipinski definition) is 4. The van der Waals surface area contributed by atoms with Gasteiger partial charge in [0.15, 0.2) is 0 Å². The van der Waals surface area contributed by atoms with Crippen LogP contribution >= 0.6 is 11.6 Å². The Morgan fingerprint density at radius 1 is 1.06 bits per heavy atom. The molecule has 2 aromatic heterocycles. The maximum atomic E-state index is 14.8. The third-order valence-corrected chi connectivity index (χ3v) is 5.46. The van der Waals surface area contributed by atoms with Crippen LogP contribution in [0.1, 0.15) is 6.92 Å². The van der Waals surface area contributed by atoms with E-state index in [9.17, 15) is 18.4 Å². The highest BCUT2D eigenvalue weighted by atomic mass is 35.5. The number of fused-ring (bicyclic) bond motifs is 1. The molecule has 0 aliphatic rings. The van der Waals surface area contributed by atoms with E-state index < -0.39 is 23.2 Å². The number of nitrogens with zero attached hydrogens (tertiary/aromatic N) is 2. The van der Waals surface area contributed by atoms with Crippen LogP contribution in [0.25, 0.3) is 22.0 Å². The predicted octanol–water partition coefficient (Wildman–Crippen LogP) is 5.70. The molecule has 0 spiro atoms. The average molecular weight is 484 g/mol. The summed E-state index contributed by atoms with van der Waals surface area (Å²) in [5.74, 6) is -1.34. The van der Waals surface area contributed by atoms with Gasteiger partial charge in [-0.15, -0.1) is 0 Å². The van der Waals surface area contributed by atoms with Gasteiger partial charge in [-0.25, -0.2) is 18.6 Å². The topological polar surface area (TPSA) is 88.1 Å². The lowest BCUT2D eigenvalue weighted by Crippen LogP contribution is -2.22. The normalized spacial score (nSPS) is 10.9. The largest absolute Gasteiger partial charge is 0.373 e. The fourth-order valence-electron chi connectivity index (χ4n) is 3.62. The number of anilines is 3. The van der Waals surface area contributed by atoms with E-state index in [1.807, 2.05) is 0 Å². The molecule has 0 saturated heterocycles. The molecular formula is C24H20ClF2N5O2. The van der Waals surface area contributed by atoms with Crippen molar-refractivity contribution in [3.8, 4) is 11.1 Å². The average Bonchev–Trinajstić information content (AvgIpc) is 2.80. The number of aromatic nitrogens is 2. The van der Waals surface area contributed by atoms with Crippen molar-refractivity contribution in [2.45, 2.75) is 13.5 Å². The van der Waals surface area contributed by atoms with Gasteiger partial charge < -0.3 is 20.5 Å². The van der Waals surface area contributed by atoms with Crippen molar-refractivity contribution in [3.05, 3.63) is 81.7 Å². The fraction of sp³-hybridized carbons (Fsp3) is 0.125. The highest BCUT2D eigenvalue weighted by molar-refractivity contribution is 6.30. The Hall–Kier alpha value is -3.98. The first-order chi connectivity index (χ1) is 16.3. The number of halogens is 3. The third kappa shape index (κ3) is 4.55. The van der Waals surface area contributed by atoms with Crippen LogP contribution in [0.3, 0.4) is 0 Å². The van der Waals surface area contributed by atoms with E-state index >= 15 is 0 Å². The summed E-state index contributed by atoms with van der Waals surface area (Å²) in [4.78, 5) is 29.8. The molecular weight excluding hydrogens is 464 g/mol. The summed E-state index contributed by atoms with van der Waals surface area (Å²) in [5.41, 5.74) is 0.138. The number of pyridine rings is 2. The molecule has 0 atom stereocenters. The minimum absolute atomic E-state index is 0.0177. The van der Waals surface area contributed by atoms with Crippen LogP contribution in [0.2, 0.25) is 5.02 Å². The molecule has 174 valence electrons. The smallest absolute Gasteiger partial charge is 0.323 e. The molecule has 0 aliphatic heterocycles. The van der Waals surface area contributed by atoms with Crippen LogP contribution in [0.5, 0.6) is 0 Å². The Labute approximate surface area is 198 Å². The van der Waals surface area contributed by atoms with Gasteiger partial charge in [0.2, 0.25) is 0 Å². The SMILES string of the molecule is CCn1c(=O)c(-c2cc(NC(=O)Nc3cccc(Cl)c3)c(F)cc2F)cc2cnc(NC)cc21. The van der Waals surface area contributed by atoms with Gasteiger partial charge in [0.1, 0.15) is 17.5 Å². The van der Waals surface area contributed by atoms with Crippen LogP contribution < -0.4 is 21.5 Å². The van der Waals surface area contributed by atoms with E-state index in [4.69, 9.17) is 11.6 Å². The second-order valence-electron chi connectivity index (χ2n) is 7.39. The number of urea groups is 1. The summed E-state index contributed by atoms with van der Waals surface area (Å²) in [6.45, 7) is 2.12. The molecule has 4 aromatic rings. The monoisotopic (exact) mass is 483 g/mol. The molecule has 0 aliphatic carbocycles. The lowest BCUT2D eigenvalue weighted by atomic mass is 10.0. The maximum absolute atomic E-state index is 14.8. The van der Waals surface area contributed by atoms with Crippen LogP contribution in [0, 0.1) is 11.6 Å². The minimum Gasteiger partial charge on any atom is -0.373 e. The summed E-state index contributed by atoms with van der Waals surface area (Å²) < 4.78 is 30.8. The molecule has 34 heavy (non-hydrogen) atoms. The van der Waals surface area contributed by atoms with Crippen LogP contribution in [-0.4, -0.2) is 22.6 Å². The van der Waals surface area contributed by atoms with Crippen molar-refractivity contribution >= 4 is 45.7 Å². The van der Waals surface area contributed by atoms with E-state index in [0.717, 1.165) is 6.07 Å². The van der Waals surface area contributed by atoms with Gasteiger partial charge in [-0.2, -0.15) is 0 Å². The van der Waals surface area contributed by atoms with Crippen molar-refractivity contribution in [2.24, 2.45) is 0 Å². The zero-order valence-electron chi connectivity index (χ0n) is 18.2. The molecule has 2 heterocycles. The molecule has 0 bridgehead atoms. The zero-order chi connectivity index (χ0) is 24.4. The molecule has 0 fully saturated rings. The Bertz CT molecular complexity index is 1470. The Kier molecular flexibility index (Phi) is 6.47. The maximum Gasteiger partial charge on any atom is 0.323 e. The van der Waals surface area contributed by atoms with Crippen molar-refractivity contribution < 1.29 is 13.6 Å². The van der Waals surface area contributed by atoms with Gasteiger partial charge in [0.25, 0.3) is 5.56 Å². The first-order valence-corrected chi connectivity index (χ1v) is 10.7. The number of rotatable bonds is 5. The van der Waals surface area contributed by atoms with Crippen LogP contribution in [-0.2, 0) is 6.54 Å². The second-order valence-corrected chi connectivity index (χ2v) is 7.82. The summed E-state index contributed by atoms with van der Waals surface area (Å²) >= 11 is 5.90. The quantitative estimate of drug-likeness (QED) is 0.340. The van der Waals surface area contributed by atoms with Crippen LogP contribution in [0.4, 0.5) is 30.8 Å². The zero-order valence-corrected chi connectivity index (χ0v) is 19.0. The van der Waals surface area contributed by atoms with E-state index in [2.05, 4.69) is 20.9 Å². The van der Waals surface area contributed by atoms with E-state index in [1.54, 1.807) is 44.4 Å². The van der Waals surface area contributed by atoms with Gasteiger partial charge in [-0.1, -0.05) is 17.7 Å². The standard InChI is InChI=1S/C24H20ClF2N5O2/c1-3-32-21-11-22(28-2)29-12-13(21)7-17(23(32)33)16-9-20(19(27)10-18(16)26)31-24(34)30-15-6-4-5-14(25)8-15/h4-12H,3H2,1-2H3,(H,28,29)(H2,30,31,34). The summed E-state index contributed by atoms with van der Waals surface area (Å²) in [5, 5.41) is 8.80. The van der Waals surface area contributed by atoms with Gasteiger partial charge in [-0.3, -0.25) is 4.79 Å². The molecule has 2 aromatic carbocycles. The molecule has 0 saturated carbocycles. The summed E-state index contributed by atoms with van der Waals surface area (Å²) in [6.07, 6.45) is 1.56. The molecule has 4 rings (SSSR count). The number of amides is 2. The summed E-state index contributed by atoms with van der Waals surface area (Å²) in [7, 11) is 1.71. The molecule has 0 unspecified atom stereocenters. The van der Waals surface area contributed by atoms with Gasteiger partial charge >= 0.3 is 6.03 Å².